The maximum atomic E-state index is 12.6. The highest BCUT2D eigenvalue weighted by atomic mass is 35.5. The van der Waals surface area contributed by atoms with Gasteiger partial charge >= 0.3 is 6.09 Å². The molecule has 0 spiro atoms. The minimum Gasteiger partial charge on any atom is -0.443 e. The van der Waals surface area contributed by atoms with Crippen molar-refractivity contribution in [3.63, 3.8) is 0 Å². The SMILES string of the molecule is CC(C)(C)OC(=O)N(Cc1ccccn1)c1cc(Cl)cc(Cl)c1. The topological polar surface area (TPSA) is 42.4 Å². The molecule has 0 atom stereocenters. The fraction of sp³-hybridized carbons (Fsp3) is 0.294. The Morgan fingerprint density at radius 3 is 2.35 bits per heavy atom. The van der Waals surface area contributed by atoms with Gasteiger partial charge in [0.2, 0.25) is 0 Å². The maximum absolute atomic E-state index is 12.6. The van der Waals surface area contributed by atoms with E-state index < -0.39 is 11.7 Å². The van der Waals surface area contributed by atoms with E-state index in [0.29, 0.717) is 15.7 Å². The number of benzene rings is 1. The molecule has 0 saturated heterocycles. The number of halogens is 2. The summed E-state index contributed by atoms with van der Waals surface area (Å²) in [6, 6.07) is 10.5. The Morgan fingerprint density at radius 2 is 1.83 bits per heavy atom. The first-order valence-electron chi connectivity index (χ1n) is 7.11. The monoisotopic (exact) mass is 352 g/mol. The summed E-state index contributed by atoms with van der Waals surface area (Å²) in [5.74, 6) is 0. The van der Waals surface area contributed by atoms with Crippen LogP contribution in [0.15, 0.2) is 42.6 Å². The van der Waals surface area contributed by atoms with Crippen molar-refractivity contribution in [3.05, 3.63) is 58.3 Å². The van der Waals surface area contributed by atoms with Gasteiger partial charge in [0, 0.05) is 16.2 Å². The van der Waals surface area contributed by atoms with Crippen LogP contribution in [0.2, 0.25) is 10.0 Å². The predicted molar refractivity (Wildman–Crippen MR) is 93.1 cm³/mol. The average Bonchev–Trinajstić information content (AvgIpc) is 2.42. The smallest absolute Gasteiger partial charge is 0.415 e. The van der Waals surface area contributed by atoms with Crippen LogP contribution in [0.3, 0.4) is 0 Å². The second kappa shape index (κ2) is 7.20. The van der Waals surface area contributed by atoms with Crippen LogP contribution in [0.5, 0.6) is 0 Å². The van der Waals surface area contributed by atoms with E-state index in [-0.39, 0.29) is 6.54 Å². The van der Waals surface area contributed by atoms with E-state index in [9.17, 15) is 4.79 Å². The van der Waals surface area contributed by atoms with Gasteiger partial charge in [0.25, 0.3) is 0 Å². The molecule has 4 nitrogen and oxygen atoms in total. The van der Waals surface area contributed by atoms with Gasteiger partial charge in [-0.3, -0.25) is 9.88 Å². The van der Waals surface area contributed by atoms with Crippen molar-refractivity contribution in [1.29, 1.82) is 0 Å². The van der Waals surface area contributed by atoms with E-state index in [1.54, 1.807) is 24.4 Å². The minimum absolute atomic E-state index is 0.256. The van der Waals surface area contributed by atoms with Gasteiger partial charge in [-0.05, 0) is 51.1 Å². The van der Waals surface area contributed by atoms with Crippen LogP contribution in [0.4, 0.5) is 10.5 Å². The average molecular weight is 353 g/mol. The van der Waals surface area contributed by atoms with Crippen LogP contribution in [0.25, 0.3) is 0 Å². The number of ether oxygens (including phenoxy) is 1. The number of hydrogen-bond acceptors (Lipinski definition) is 3. The number of carbonyl (C=O) groups is 1. The van der Waals surface area contributed by atoms with Crippen molar-refractivity contribution < 1.29 is 9.53 Å². The molecule has 0 aliphatic rings. The van der Waals surface area contributed by atoms with Gasteiger partial charge in [-0.2, -0.15) is 0 Å². The zero-order valence-corrected chi connectivity index (χ0v) is 14.7. The molecular formula is C17H18Cl2N2O2. The Morgan fingerprint density at radius 1 is 1.17 bits per heavy atom. The Bertz CT molecular complexity index is 664. The van der Waals surface area contributed by atoms with Gasteiger partial charge < -0.3 is 4.74 Å². The number of pyridine rings is 1. The molecule has 1 aromatic heterocycles. The predicted octanol–water partition coefficient (Wildman–Crippen LogP) is 5.33. The molecule has 1 heterocycles. The molecule has 2 rings (SSSR count). The fourth-order valence-electron chi connectivity index (χ4n) is 1.93. The Hall–Kier alpha value is -1.78. The van der Waals surface area contributed by atoms with Crippen LogP contribution in [0, 0.1) is 0 Å². The Labute approximate surface area is 146 Å². The standard InChI is InChI=1S/C17H18Cl2N2O2/c1-17(2,3)23-16(22)21(11-14-6-4-5-7-20-14)15-9-12(18)8-13(19)10-15/h4-10H,11H2,1-3H3. The third-order valence-corrected chi connectivity index (χ3v) is 3.26. The first kappa shape index (κ1) is 17.6. The van der Waals surface area contributed by atoms with E-state index in [4.69, 9.17) is 27.9 Å². The van der Waals surface area contributed by atoms with Crippen molar-refractivity contribution in [2.75, 3.05) is 4.90 Å². The van der Waals surface area contributed by atoms with E-state index in [1.807, 2.05) is 39.0 Å². The number of amides is 1. The number of anilines is 1. The van der Waals surface area contributed by atoms with E-state index in [1.165, 1.54) is 4.90 Å². The molecule has 1 amide bonds. The maximum Gasteiger partial charge on any atom is 0.415 e. The van der Waals surface area contributed by atoms with E-state index in [2.05, 4.69) is 4.98 Å². The summed E-state index contributed by atoms with van der Waals surface area (Å²) >= 11 is 12.1. The Kier molecular flexibility index (Phi) is 5.50. The number of rotatable bonds is 3. The van der Waals surface area contributed by atoms with Gasteiger partial charge in [-0.25, -0.2) is 4.79 Å². The first-order valence-corrected chi connectivity index (χ1v) is 7.87. The highest BCUT2D eigenvalue weighted by molar-refractivity contribution is 6.35. The minimum atomic E-state index is -0.609. The number of carbonyl (C=O) groups excluding carboxylic acids is 1. The van der Waals surface area contributed by atoms with Gasteiger partial charge in [0.15, 0.2) is 0 Å². The zero-order chi connectivity index (χ0) is 17.0. The van der Waals surface area contributed by atoms with Crippen molar-refractivity contribution in [2.45, 2.75) is 32.9 Å². The van der Waals surface area contributed by atoms with Crippen LogP contribution >= 0.6 is 23.2 Å². The van der Waals surface area contributed by atoms with Crippen molar-refractivity contribution in [3.8, 4) is 0 Å². The molecule has 0 aliphatic heterocycles. The summed E-state index contributed by atoms with van der Waals surface area (Å²) in [7, 11) is 0. The van der Waals surface area contributed by atoms with Gasteiger partial charge in [-0.1, -0.05) is 29.3 Å². The third-order valence-electron chi connectivity index (χ3n) is 2.82. The quantitative estimate of drug-likeness (QED) is 0.749. The molecule has 0 saturated carbocycles. The zero-order valence-electron chi connectivity index (χ0n) is 13.2. The van der Waals surface area contributed by atoms with Gasteiger partial charge in [0.1, 0.15) is 5.60 Å². The van der Waals surface area contributed by atoms with Gasteiger partial charge in [-0.15, -0.1) is 0 Å². The van der Waals surface area contributed by atoms with Crippen molar-refractivity contribution in [1.82, 2.24) is 4.98 Å². The lowest BCUT2D eigenvalue weighted by Crippen LogP contribution is -2.36. The van der Waals surface area contributed by atoms with Gasteiger partial charge in [0.05, 0.1) is 17.9 Å². The highest BCUT2D eigenvalue weighted by Crippen LogP contribution is 2.27. The molecule has 0 unspecified atom stereocenters. The van der Waals surface area contributed by atoms with Crippen molar-refractivity contribution in [2.24, 2.45) is 0 Å². The second-order valence-corrected chi connectivity index (χ2v) is 6.89. The van der Waals surface area contributed by atoms with Crippen LogP contribution in [-0.2, 0) is 11.3 Å². The summed E-state index contributed by atoms with van der Waals surface area (Å²) in [5, 5.41) is 0.893. The largest absolute Gasteiger partial charge is 0.443 e. The number of nitrogens with zero attached hydrogens (tertiary/aromatic N) is 2. The lowest BCUT2D eigenvalue weighted by atomic mass is 10.2. The summed E-state index contributed by atoms with van der Waals surface area (Å²) in [4.78, 5) is 18.3. The molecule has 2 aromatic rings. The summed E-state index contributed by atoms with van der Waals surface area (Å²) in [6.07, 6.45) is 1.19. The molecule has 1 aromatic carbocycles. The lowest BCUT2D eigenvalue weighted by molar-refractivity contribution is 0.0577. The van der Waals surface area contributed by atoms with Crippen LogP contribution in [-0.4, -0.2) is 16.7 Å². The lowest BCUT2D eigenvalue weighted by Gasteiger charge is -2.27. The molecule has 0 aliphatic carbocycles. The molecule has 0 bridgehead atoms. The second-order valence-electron chi connectivity index (χ2n) is 6.02. The molecule has 0 fully saturated rings. The molecule has 122 valence electrons. The van der Waals surface area contributed by atoms with E-state index >= 15 is 0 Å². The van der Waals surface area contributed by atoms with E-state index in [0.717, 1.165) is 5.69 Å². The summed E-state index contributed by atoms with van der Waals surface area (Å²) in [6.45, 7) is 5.70. The summed E-state index contributed by atoms with van der Waals surface area (Å²) in [5.41, 5.74) is 0.679. The Balaban J connectivity index is 2.36. The third kappa shape index (κ3) is 5.41. The van der Waals surface area contributed by atoms with Crippen LogP contribution in [0.1, 0.15) is 26.5 Å². The van der Waals surface area contributed by atoms with Crippen molar-refractivity contribution >= 4 is 35.0 Å². The highest BCUT2D eigenvalue weighted by Gasteiger charge is 2.24. The number of aromatic nitrogens is 1. The molecule has 6 heteroatoms. The molecule has 23 heavy (non-hydrogen) atoms. The summed E-state index contributed by atoms with van der Waals surface area (Å²) < 4.78 is 5.48. The van der Waals surface area contributed by atoms with Crippen LogP contribution < -0.4 is 4.90 Å². The molecule has 0 radical (unpaired) electrons. The molecule has 0 N–H and O–H groups in total. The molecular weight excluding hydrogens is 335 g/mol. The first-order chi connectivity index (χ1) is 10.7. The normalized spacial score (nSPS) is 11.2. The number of hydrogen-bond donors (Lipinski definition) is 0. The fourth-order valence-corrected chi connectivity index (χ4v) is 2.44.